The van der Waals surface area contributed by atoms with Gasteiger partial charge in [0.25, 0.3) is 5.69 Å². The Morgan fingerprint density at radius 1 is 1.60 bits per heavy atom. The van der Waals surface area contributed by atoms with E-state index in [2.05, 4.69) is 0 Å². The summed E-state index contributed by atoms with van der Waals surface area (Å²) < 4.78 is 1.56. The lowest BCUT2D eigenvalue weighted by Gasteiger charge is -1.90. The maximum absolute atomic E-state index is 10.4. The average molecular weight is 138 g/mol. The number of carbonyl (C=O) groups is 1. The number of pyridine rings is 1. The molecule has 0 amide bonds. The fraction of sp³-hybridized carbons (Fsp3) is 0.143. The van der Waals surface area contributed by atoms with E-state index in [1.165, 1.54) is 0 Å². The van der Waals surface area contributed by atoms with Crippen LogP contribution in [-0.4, -0.2) is 11.1 Å². The number of carboxylic acid groups (broad SMARTS) is 1. The van der Waals surface area contributed by atoms with Gasteiger partial charge in [0.15, 0.2) is 6.20 Å². The molecule has 0 unspecified atom stereocenters. The summed E-state index contributed by atoms with van der Waals surface area (Å²) in [5.41, 5.74) is 0.294. The lowest BCUT2D eigenvalue weighted by atomic mass is 10.3. The highest BCUT2D eigenvalue weighted by molar-refractivity contribution is 5.83. The third-order valence-corrected chi connectivity index (χ3v) is 1.27. The molecule has 52 valence electrons. The quantitative estimate of drug-likeness (QED) is 0.563. The van der Waals surface area contributed by atoms with E-state index in [0.717, 1.165) is 0 Å². The molecule has 0 fully saturated rings. The van der Waals surface area contributed by atoms with Crippen LogP contribution in [0.4, 0.5) is 0 Å². The number of hydrogen-bond acceptors (Lipinski definition) is 1. The van der Waals surface area contributed by atoms with Crippen LogP contribution in [0.3, 0.4) is 0 Å². The van der Waals surface area contributed by atoms with E-state index < -0.39 is 5.97 Å². The molecule has 0 bridgehead atoms. The van der Waals surface area contributed by atoms with Gasteiger partial charge in [-0.25, -0.2) is 4.79 Å². The average Bonchev–Trinajstić information content (AvgIpc) is 1.88. The molecule has 0 aliphatic heterocycles. The molecule has 0 aliphatic carbocycles. The van der Waals surface area contributed by atoms with E-state index in [-0.39, 0.29) is 0 Å². The second kappa shape index (κ2) is 2.47. The highest BCUT2D eigenvalue weighted by Gasteiger charge is 2.11. The Balaban J connectivity index is 3.15. The molecule has 0 aromatic carbocycles. The summed E-state index contributed by atoms with van der Waals surface area (Å²) >= 11 is 0. The minimum atomic E-state index is -0.900. The third kappa shape index (κ3) is 1.13. The van der Waals surface area contributed by atoms with Gasteiger partial charge < -0.3 is 5.11 Å². The predicted octanol–water partition coefficient (Wildman–Crippen LogP) is 0.209. The summed E-state index contributed by atoms with van der Waals surface area (Å²) in [6.45, 7) is 0. The Labute approximate surface area is 58.5 Å². The molecule has 0 atom stereocenters. The normalized spacial score (nSPS) is 9.30. The minimum absolute atomic E-state index is 0.294. The molecule has 0 saturated heterocycles. The molecule has 1 N–H and O–H groups in total. The van der Waals surface area contributed by atoms with E-state index in [1.807, 2.05) is 0 Å². The highest BCUT2D eigenvalue weighted by atomic mass is 16.4. The van der Waals surface area contributed by atoms with E-state index in [1.54, 1.807) is 36.0 Å². The fourth-order valence-electron chi connectivity index (χ4n) is 0.746. The van der Waals surface area contributed by atoms with Gasteiger partial charge in [0, 0.05) is 12.1 Å². The number of hydrogen-bond donors (Lipinski definition) is 1. The maximum Gasteiger partial charge on any atom is 0.401 e. The zero-order valence-corrected chi connectivity index (χ0v) is 5.61. The number of nitrogens with zero attached hydrogens (tertiary/aromatic N) is 1. The SMILES string of the molecule is C[n+]1ccccc1C(=O)O. The van der Waals surface area contributed by atoms with Crippen LogP contribution in [0.15, 0.2) is 24.4 Å². The van der Waals surface area contributed by atoms with Crippen molar-refractivity contribution >= 4 is 5.97 Å². The summed E-state index contributed by atoms with van der Waals surface area (Å²) in [6, 6.07) is 5.04. The molecular formula is C7H8NO2+. The first-order chi connectivity index (χ1) is 4.72. The largest absolute Gasteiger partial charge is 0.473 e. The Hall–Kier alpha value is -1.38. The fourth-order valence-corrected chi connectivity index (χ4v) is 0.746. The molecule has 1 heterocycles. The minimum Gasteiger partial charge on any atom is -0.473 e. The summed E-state index contributed by atoms with van der Waals surface area (Å²) in [4.78, 5) is 10.4. The van der Waals surface area contributed by atoms with E-state index in [4.69, 9.17) is 5.11 Å². The zero-order valence-electron chi connectivity index (χ0n) is 5.61. The van der Waals surface area contributed by atoms with Crippen LogP contribution in [0.2, 0.25) is 0 Å². The molecule has 0 saturated carbocycles. The standard InChI is InChI=1S/C7H7NO2/c1-8-5-3-2-4-6(8)7(9)10/h2-5H,1H3/p+1. The van der Waals surface area contributed by atoms with Gasteiger partial charge in [-0.2, -0.15) is 4.57 Å². The van der Waals surface area contributed by atoms with Crippen molar-refractivity contribution in [1.29, 1.82) is 0 Å². The molecular weight excluding hydrogens is 130 g/mol. The lowest BCUT2D eigenvalue weighted by molar-refractivity contribution is -0.674. The summed E-state index contributed by atoms with van der Waals surface area (Å²) in [5.74, 6) is -0.900. The van der Waals surface area contributed by atoms with Crippen molar-refractivity contribution in [2.24, 2.45) is 7.05 Å². The van der Waals surface area contributed by atoms with Crippen molar-refractivity contribution in [3.8, 4) is 0 Å². The Kier molecular flexibility index (Phi) is 1.67. The molecule has 1 aromatic rings. The summed E-state index contributed by atoms with van der Waals surface area (Å²) in [5, 5.41) is 8.54. The molecule has 3 nitrogen and oxygen atoms in total. The topological polar surface area (TPSA) is 41.2 Å². The molecule has 1 aromatic heterocycles. The van der Waals surface area contributed by atoms with Crippen LogP contribution in [-0.2, 0) is 7.05 Å². The molecule has 3 heteroatoms. The van der Waals surface area contributed by atoms with Crippen molar-refractivity contribution in [2.75, 3.05) is 0 Å². The maximum atomic E-state index is 10.4. The first-order valence-corrected chi connectivity index (χ1v) is 2.90. The first-order valence-electron chi connectivity index (χ1n) is 2.90. The second-order valence-electron chi connectivity index (χ2n) is 2.00. The number of carboxylic acids is 1. The van der Waals surface area contributed by atoms with Crippen LogP contribution in [0, 0.1) is 0 Å². The monoisotopic (exact) mass is 138 g/mol. The van der Waals surface area contributed by atoms with Crippen LogP contribution in [0.25, 0.3) is 0 Å². The van der Waals surface area contributed by atoms with Crippen molar-refractivity contribution in [1.82, 2.24) is 0 Å². The van der Waals surface area contributed by atoms with Gasteiger partial charge in [-0.15, -0.1) is 0 Å². The van der Waals surface area contributed by atoms with Crippen molar-refractivity contribution in [3.05, 3.63) is 30.1 Å². The molecule has 0 radical (unpaired) electrons. The van der Waals surface area contributed by atoms with Gasteiger partial charge in [-0.05, 0) is 6.07 Å². The van der Waals surface area contributed by atoms with E-state index in [0.29, 0.717) is 5.69 Å². The van der Waals surface area contributed by atoms with Crippen molar-refractivity contribution in [3.63, 3.8) is 0 Å². The van der Waals surface area contributed by atoms with Crippen molar-refractivity contribution in [2.45, 2.75) is 0 Å². The zero-order chi connectivity index (χ0) is 7.56. The van der Waals surface area contributed by atoms with E-state index in [9.17, 15) is 4.79 Å². The van der Waals surface area contributed by atoms with Crippen LogP contribution in [0.5, 0.6) is 0 Å². The van der Waals surface area contributed by atoms with Crippen LogP contribution < -0.4 is 4.57 Å². The molecule has 0 spiro atoms. The van der Waals surface area contributed by atoms with Crippen LogP contribution >= 0.6 is 0 Å². The number of aryl methyl sites for hydroxylation is 1. The van der Waals surface area contributed by atoms with Gasteiger partial charge in [-0.3, -0.25) is 0 Å². The smallest absolute Gasteiger partial charge is 0.401 e. The van der Waals surface area contributed by atoms with Gasteiger partial charge in [0.05, 0.1) is 0 Å². The number of rotatable bonds is 1. The number of aromatic carboxylic acids is 1. The lowest BCUT2D eigenvalue weighted by Crippen LogP contribution is -2.35. The Morgan fingerprint density at radius 2 is 2.30 bits per heavy atom. The van der Waals surface area contributed by atoms with Gasteiger partial charge in [0.2, 0.25) is 0 Å². The van der Waals surface area contributed by atoms with Gasteiger partial charge in [-0.1, -0.05) is 0 Å². The molecule has 0 aliphatic rings. The van der Waals surface area contributed by atoms with Gasteiger partial charge in [0.1, 0.15) is 7.05 Å². The Morgan fingerprint density at radius 3 is 2.70 bits per heavy atom. The molecule has 10 heavy (non-hydrogen) atoms. The number of aromatic nitrogens is 1. The summed E-state index contributed by atoms with van der Waals surface area (Å²) in [7, 11) is 1.70. The second-order valence-corrected chi connectivity index (χ2v) is 2.00. The third-order valence-electron chi connectivity index (χ3n) is 1.27. The molecule has 1 rings (SSSR count). The van der Waals surface area contributed by atoms with Crippen LogP contribution in [0.1, 0.15) is 10.5 Å². The van der Waals surface area contributed by atoms with E-state index >= 15 is 0 Å². The first kappa shape index (κ1) is 6.74. The van der Waals surface area contributed by atoms with Gasteiger partial charge >= 0.3 is 5.97 Å². The Bertz CT molecular complexity index is 258. The summed E-state index contributed by atoms with van der Waals surface area (Å²) in [6.07, 6.45) is 1.70. The predicted molar refractivity (Wildman–Crippen MR) is 34.6 cm³/mol. The van der Waals surface area contributed by atoms with Crippen molar-refractivity contribution < 1.29 is 14.5 Å². The highest BCUT2D eigenvalue weighted by Crippen LogP contribution is 1.88.